The van der Waals surface area contributed by atoms with Gasteiger partial charge in [-0.3, -0.25) is 24.0 Å². The first-order chi connectivity index (χ1) is 12.8. The number of hydrogen-bond acceptors (Lipinski definition) is 6. The number of aromatic nitrogens is 2. The van der Waals surface area contributed by atoms with Gasteiger partial charge in [-0.15, -0.1) is 0 Å². The maximum Gasteiger partial charge on any atom is 0.333 e. The van der Waals surface area contributed by atoms with Gasteiger partial charge in [0.25, 0.3) is 11.2 Å². The number of benzene rings is 1. The second kappa shape index (κ2) is 7.45. The Labute approximate surface area is 154 Å². The molecule has 1 aromatic carbocycles. The molecule has 0 unspecified atom stereocenters. The van der Waals surface area contributed by atoms with E-state index < -0.39 is 28.5 Å². The standard InChI is InChI=1S/C18H21N3O6/c1-3-15-14(22)8-16(27-15)19-9-11(2)17(23)20(18(19)24)10-12-6-4-5-7-13(12)21(25)26/h4-7,9,14-16,22H,3,8,10H2,1-2H3/t14-,15-,16-/m1/s1. The van der Waals surface area contributed by atoms with Gasteiger partial charge in [-0.25, -0.2) is 4.79 Å². The van der Waals surface area contributed by atoms with Gasteiger partial charge in [0.2, 0.25) is 0 Å². The Morgan fingerprint density at radius 2 is 2.04 bits per heavy atom. The van der Waals surface area contributed by atoms with Crippen LogP contribution in [-0.4, -0.2) is 31.4 Å². The van der Waals surface area contributed by atoms with Crippen molar-refractivity contribution in [1.82, 2.24) is 9.13 Å². The zero-order chi connectivity index (χ0) is 19.7. The van der Waals surface area contributed by atoms with Gasteiger partial charge in [-0.1, -0.05) is 25.1 Å². The molecule has 1 fully saturated rings. The number of rotatable bonds is 5. The molecule has 3 rings (SSSR count). The third-order valence-electron chi connectivity index (χ3n) is 4.80. The summed E-state index contributed by atoms with van der Waals surface area (Å²) in [5.74, 6) is 0. The molecular formula is C18H21N3O6. The highest BCUT2D eigenvalue weighted by Crippen LogP contribution is 2.29. The van der Waals surface area contributed by atoms with E-state index >= 15 is 0 Å². The first kappa shape index (κ1) is 19.0. The lowest BCUT2D eigenvalue weighted by atomic mass is 10.1. The normalized spacial score (nSPS) is 22.1. The van der Waals surface area contributed by atoms with Crippen molar-refractivity contribution in [2.45, 2.75) is 51.7 Å². The molecule has 1 N–H and O–H groups in total. The Hall–Kier alpha value is -2.78. The highest BCUT2D eigenvalue weighted by molar-refractivity contribution is 5.39. The van der Waals surface area contributed by atoms with E-state index in [1.54, 1.807) is 13.0 Å². The van der Waals surface area contributed by atoms with Crippen LogP contribution in [0.4, 0.5) is 5.69 Å². The van der Waals surface area contributed by atoms with Gasteiger partial charge in [-0.2, -0.15) is 0 Å². The van der Waals surface area contributed by atoms with E-state index in [1.165, 1.54) is 29.0 Å². The number of aryl methyl sites for hydroxylation is 1. The topological polar surface area (TPSA) is 117 Å². The number of nitro groups is 1. The predicted octanol–water partition coefficient (Wildman–Crippen LogP) is 1.33. The van der Waals surface area contributed by atoms with Crippen molar-refractivity contribution in [2.75, 3.05) is 0 Å². The molecule has 9 heteroatoms. The Morgan fingerprint density at radius 3 is 2.67 bits per heavy atom. The zero-order valence-electron chi connectivity index (χ0n) is 15.1. The maximum atomic E-state index is 12.9. The predicted molar refractivity (Wildman–Crippen MR) is 96.7 cm³/mol. The summed E-state index contributed by atoms with van der Waals surface area (Å²) in [6.45, 7) is 3.22. The molecule has 0 bridgehead atoms. The van der Waals surface area contributed by atoms with Crippen LogP contribution in [-0.2, 0) is 11.3 Å². The molecule has 27 heavy (non-hydrogen) atoms. The molecule has 0 amide bonds. The number of aliphatic hydroxyl groups excluding tert-OH is 1. The van der Waals surface area contributed by atoms with Crippen LogP contribution < -0.4 is 11.2 Å². The quantitative estimate of drug-likeness (QED) is 0.622. The Kier molecular flexibility index (Phi) is 5.24. The lowest BCUT2D eigenvalue weighted by Crippen LogP contribution is -2.42. The third-order valence-corrected chi connectivity index (χ3v) is 4.80. The van der Waals surface area contributed by atoms with Gasteiger partial charge >= 0.3 is 5.69 Å². The van der Waals surface area contributed by atoms with Crippen molar-refractivity contribution in [3.05, 3.63) is 72.5 Å². The number of nitrogens with zero attached hydrogens (tertiary/aromatic N) is 3. The minimum absolute atomic E-state index is 0.157. The first-order valence-electron chi connectivity index (χ1n) is 8.71. The van der Waals surface area contributed by atoms with Crippen LogP contribution in [0.15, 0.2) is 40.1 Å². The summed E-state index contributed by atoms with van der Waals surface area (Å²) < 4.78 is 7.99. The smallest absolute Gasteiger partial charge is 0.333 e. The van der Waals surface area contributed by atoms with Crippen LogP contribution in [0.25, 0.3) is 0 Å². The van der Waals surface area contributed by atoms with Crippen molar-refractivity contribution >= 4 is 5.69 Å². The van der Waals surface area contributed by atoms with Gasteiger partial charge < -0.3 is 9.84 Å². The summed E-state index contributed by atoms with van der Waals surface area (Å²) in [7, 11) is 0. The van der Waals surface area contributed by atoms with E-state index in [9.17, 15) is 24.8 Å². The molecule has 0 aliphatic carbocycles. The van der Waals surface area contributed by atoms with E-state index in [1.807, 2.05) is 6.92 Å². The molecular weight excluding hydrogens is 354 g/mol. The van der Waals surface area contributed by atoms with Gasteiger partial charge in [0.15, 0.2) is 0 Å². The average Bonchev–Trinajstić information content (AvgIpc) is 3.02. The lowest BCUT2D eigenvalue weighted by molar-refractivity contribution is -0.385. The maximum absolute atomic E-state index is 12.9. The minimum atomic E-state index is -0.692. The monoisotopic (exact) mass is 375 g/mol. The molecule has 2 heterocycles. The summed E-state index contributed by atoms with van der Waals surface area (Å²) in [6.07, 6.45) is 0.494. The Balaban J connectivity index is 2.05. The summed E-state index contributed by atoms with van der Waals surface area (Å²) in [6, 6.07) is 5.98. The molecule has 0 saturated carbocycles. The largest absolute Gasteiger partial charge is 0.390 e. The molecule has 0 radical (unpaired) electrons. The molecule has 144 valence electrons. The Bertz CT molecular complexity index is 980. The first-order valence-corrected chi connectivity index (χ1v) is 8.71. The van der Waals surface area contributed by atoms with Crippen molar-refractivity contribution < 1.29 is 14.8 Å². The molecule has 9 nitrogen and oxygen atoms in total. The summed E-state index contributed by atoms with van der Waals surface area (Å²) in [5, 5.41) is 21.3. The second-order valence-corrected chi connectivity index (χ2v) is 6.62. The zero-order valence-corrected chi connectivity index (χ0v) is 15.1. The van der Waals surface area contributed by atoms with Gasteiger partial charge in [0.05, 0.1) is 23.7 Å². The molecule has 1 aliphatic rings. The Morgan fingerprint density at radius 1 is 1.33 bits per heavy atom. The van der Waals surface area contributed by atoms with Gasteiger partial charge in [-0.05, 0) is 13.3 Å². The van der Waals surface area contributed by atoms with Crippen LogP contribution in [0.5, 0.6) is 0 Å². The lowest BCUT2D eigenvalue weighted by Gasteiger charge is -2.17. The SMILES string of the molecule is CC[C@H]1O[C@@H](n2cc(C)c(=O)n(Cc3ccccc3[N+](=O)[O-])c2=O)C[C@H]1O. The van der Waals surface area contributed by atoms with Gasteiger partial charge in [0, 0.05) is 29.8 Å². The third kappa shape index (κ3) is 3.56. The number of aliphatic hydroxyl groups is 1. The molecule has 1 saturated heterocycles. The summed E-state index contributed by atoms with van der Waals surface area (Å²) in [4.78, 5) is 36.1. The fraction of sp³-hybridized carbons (Fsp3) is 0.444. The molecule has 1 aliphatic heterocycles. The number of hydrogen-bond donors (Lipinski definition) is 1. The van der Waals surface area contributed by atoms with Crippen LogP contribution in [0, 0.1) is 17.0 Å². The van der Waals surface area contributed by atoms with Crippen LogP contribution in [0.3, 0.4) is 0 Å². The molecule has 3 atom stereocenters. The van der Waals surface area contributed by atoms with Crippen LogP contribution >= 0.6 is 0 Å². The fourth-order valence-corrected chi connectivity index (χ4v) is 3.35. The van der Waals surface area contributed by atoms with E-state index in [0.29, 0.717) is 12.0 Å². The minimum Gasteiger partial charge on any atom is -0.390 e. The van der Waals surface area contributed by atoms with E-state index in [4.69, 9.17) is 4.74 Å². The van der Waals surface area contributed by atoms with E-state index in [0.717, 1.165) is 4.57 Å². The molecule has 1 aromatic heterocycles. The van der Waals surface area contributed by atoms with Crippen molar-refractivity contribution in [3.63, 3.8) is 0 Å². The van der Waals surface area contributed by atoms with E-state index in [2.05, 4.69) is 0 Å². The number of nitro benzene ring substituents is 1. The van der Waals surface area contributed by atoms with Crippen molar-refractivity contribution in [1.29, 1.82) is 0 Å². The molecule has 0 spiro atoms. The fourth-order valence-electron chi connectivity index (χ4n) is 3.35. The average molecular weight is 375 g/mol. The van der Waals surface area contributed by atoms with E-state index in [-0.39, 0.29) is 30.3 Å². The molecule has 2 aromatic rings. The van der Waals surface area contributed by atoms with Gasteiger partial charge in [0.1, 0.15) is 6.23 Å². The van der Waals surface area contributed by atoms with Crippen LogP contribution in [0.1, 0.15) is 37.1 Å². The van der Waals surface area contributed by atoms with Crippen molar-refractivity contribution in [3.8, 4) is 0 Å². The number of para-hydroxylation sites is 1. The number of ether oxygens (including phenoxy) is 1. The van der Waals surface area contributed by atoms with Crippen molar-refractivity contribution in [2.24, 2.45) is 0 Å². The second-order valence-electron chi connectivity index (χ2n) is 6.62. The summed E-state index contributed by atoms with van der Waals surface area (Å²) in [5.41, 5.74) is -0.725. The van der Waals surface area contributed by atoms with Crippen LogP contribution in [0.2, 0.25) is 0 Å². The highest BCUT2D eigenvalue weighted by atomic mass is 16.6. The summed E-state index contributed by atoms with van der Waals surface area (Å²) >= 11 is 0. The highest BCUT2D eigenvalue weighted by Gasteiger charge is 2.34.